The van der Waals surface area contributed by atoms with E-state index in [4.69, 9.17) is 10.5 Å². The van der Waals surface area contributed by atoms with E-state index in [1.54, 1.807) is 0 Å². The number of ether oxygens (including phenoxy) is 1. The van der Waals surface area contributed by atoms with Gasteiger partial charge in [0.1, 0.15) is 6.61 Å². The van der Waals surface area contributed by atoms with Crippen LogP contribution in [0.3, 0.4) is 0 Å². The third-order valence-electron chi connectivity index (χ3n) is 5.34. The molecule has 3 rings (SSSR count). The lowest BCUT2D eigenvalue weighted by atomic mass is 9.88. The van der Waals surface area contributed by atoms with Crippen LogP contribution in [0.1, 0.15) is 44.1 Å². The van der Waals surface area contributed by atoms with E-state index in [1.807, 2.05) is 30.3 Å². The first kappa shape index (κ1) is 16.5. The number of esters is 1. The van der Waals surface area contributed by atoms with E-state index in [2.05, 4.69) is 4.90 Å². The highest BCUT2D eigenvalue weighted by Crippen LogP contribution is 2.27. The molecule has 2 aliphatic rings. The fourth-order valence-electron chi connectivity index (χ4n) is 3.81. The molecule has 0 bridgehead atoms. The second-order valence-corrected chi connectivity index (χ2v) is 6.97. The zero-order valence-corrected chi connectivity index (χ0v) is 13.8. The molecule has 1 aliphatic heterocycles. The molecule has 0 amide bonds. The Hall–Kier alpha value is -1.39. The Morgan fingerprint density at radius 1 is 1.04 bits per heavy atom. The zero-order chi connectivity index (χ0) is 16.1. The van der Waals surface area contributed by atoms with Crippen molar-refractivity contribution in [3.05, 3.63) is 35.9 Å². The number of hydrogen-bond donors (Lipinski definition) is 1. The molecule has 0 spiro atoms. The first-order chi connectivity index (χ1) is 11.2. The van der Waals surface area contributed by atoms with Crippen LogP contribution >= 0.6 is 0 Å². The van der Waals surface area contributed by atoms with Gasteiger partial charge in [-0.1, -0.05) is 30.3 Å². The number of carbonyl (C=O) groups excluding carboxylic acids is 1. The minimum atomic E-state index is -0.0285. The summed E-state index contributed by atoms with van der Waals surface area (Å²) >= 11 is 0. The van der Waals surface area contributed by atoms with Crippen molar-refractivity contribution in [2.45, 2.75) is 57.2 Å². The van der Waals surface area contributed by atoms with E-state index < -0.39 is 0 Å². The van der Waals surface area contributed by atoms with Crippen molar-refractivity contribution in [2.24, 2.45) is 11.7 Å². The van der Waals surface area contributed by atoms with Crippen LogP contribution in [0.4, 0.5) is 0 Å². The Morgan fingerprint density at radius 2 is 1.70 bits per heavy atom. The van der Waals surface area contributed by atoms with Crippen molar-refractivity contribution < 1.29 is 9.53 Å². The van der Waals surface area contributed by atoms with Crippen molar-refractivity contribution in [1.82, 2.24) is 4.90 Å². The van der Waals surface area contributed by atoms with Gasteiger partial charge in [0.2, 0.25) is 0 Å². The van der Waals surface area contributed by atoms with Crippen LogP contribution in [0, 0.1) is 5.92 Å². The summed E-state index contributed by atoms with van der Waals surface area (Å²) in [5.41, 5.74) is 7.04. The lowest BCUT2D eigenvalue weighted by Gasteiger charge is -2.39. The highest BCUT2D eigenvalue weighted by atomic mass is 16.5. The second-order valence-electron chi connectivity index (χ2n) is 6.97. The number of benzene rings is 1. The molecule has 1 aromatic rings. The predicted octanol–water partition coefficient (Wildman–Crippen LogP) is 2.71. The smallest absolute Gasteiger partial charge is 0.309 e. The normalized spacial score (nSPS) is 26.8. The number of carbonyl (C=O) groups is 1. The van der Waals surface area contributed by atoms with E-state index >= 15 is 0 Å². The monoisotopic (exact) mass is 316 g/mol. The summed E-state index contributed by atoms with van der Waals surface area (Å²) in [6.07, 6.45) is 6.56. The van der Waals surface area contributed by atoms with E-state index in [0.717, 1.165) is 44.3 Å². The molecular weight excluding hydrogens is 288 g/mol. The van der Waals surface area contributed by atoms with Crippen molar-refractivity contribution in [1.29, 1.82) is 0 Å². The molecular formula is C19H28N2O2. The minimum Gasteiger partial charge on any atom is -0.461 e. The minimum absolute atomic E-state index is 0.0285. The largest absolute Gasteiger partial charge is 0.461 e. The van der Waals surface area contributed by atoms with Crippen LogP contribution in [-0.4, -0.2) is 36.0 Å². The summed E-state index contributed by atoms with van der Waals surface area (Å²) in [6.45, 7) is 2.43. The maximum atomic E-state index is 12.2. The molecule has 2 fully saturated rings. The molecule has 2 N–H and O–H groups in total. The fraction of sp³-hybridized carbons (Fsp3) is 0.632. The SMILES string of the molecule is NC1CCC(N2CCC(C(=O)OCc3ccccc3)CC2)CC1. The average molecular weight is 316 g/mol. The first-order valence-electron chi connectivity index (χ1n) is 8.92. The highest BCUT2D eigenvalue weighted by Gasteiger charge is 2.31. The Kier molecular flexibility index (Phi) is 5.68. The molecule has 126 valence electrons. The number of nitrogens with zero attached hydrogens (tertiary/aromatic N) is 1. The van der Waals surface area contributed by atoms with Crippen molar-refractivity contribution >= 4 is 5.97 Å². The van der Waals surface area contributed by atoms with E-state index in [9.17, 15) is 4.79 Å². The topological polar surface area (TPSA) is 55.6 Å². The van der Waals surface area contributed by atoms with E-state index in [0.29, 0.717) is 18.7 Å². The lowest BCUT2D eigenvalue weighted by Crippen LogP contribution is -2.45. The van der Waals surface area contributed by atoms with E-state index in [-0.39, 0.29) is 11.9 Å². The lowest BCUT2D eigenvalue weighted by molar-refractivity contribution is -0.151. The van der Waals surface area contributed by atoms with Crippen molar-refractivity contribution in [2.75, 3.05) is 13.1 Å². The number of piperidine rings is 1. The van der Waals surface area contributed by atoms with Gasteiger partial charge in [-0.25, -0.2) is 0 Å². The Labute approximate surface area is 139 Å². The summed E-state index contributed by atoms with van der Waals surface area (Å²) in [5, 5.41) is 0. The van der Waals surface area contributed by atoms with Crippen molar-refractivity contribution in [3.8, 4) is 0 Å². The quantitative estimate of drug-likeness (QED) is 0.868. The van der Waals surface area contributed by atoms with Gasteiger partial charge in [0.05, 0.1) is 5.92 Å². The molecule has 0 radical (unpaired) electrons. The summed E-state index contributed by atoms with van der Waals surface area (Å²) in [6, 6.07) is 11.0. The Bertz CT molecular complexity index is 489. The van der Waals surface area contributed by atoms with Crippen LogP contribution < -0.4 is 5.73 Å². The molecule has 4 nitrogen and oxygen atoms in total. The van der Waals surface area contributed by atoms with Gasteiger partial charge < -0.3 is 15.4 Å². The summed E-state index contributed by atoms with van der Waals surface area (Å²) in [5.74, 6) is 0.0416. The average Bonchev–Trinajstić information content (AvgIpc) is 2.61. The standard InChI is InChI=1S/C19H28N2O2/c20-17-6-8-18(9-7-17)21-12-10-16(11-13-21)19(22)23-14-15-4-2-1-3-5-15/h1-5,16-18H,6-14,20H2. The maximum Gasteiger partial charge on any atom is 0.309 e. The predicted molar refractivity (Wildman–Crippen MR) is 90.8 cm³/mol. The van der Waals surface area contributed by atoms with Gasteiger partial charge in [0.15, 0.2) is 0 Å². The Balaban J connectivity index is 1.40. The number of likely N-dealkylation sites (tertiary alicyclic amines) is 1. The van der Waals surface area contributed by atoms with Gasteiger partial charge in [0, 0.05) is 12.1 Å². The molecule has 0 unspecified atom stereocenters. The molecule has 23 heavy (non-hydrogen) atoms. The van der Waals surface area contributed by atoms with E-state index in [1.165, 1.54) is 12.8 Å². The van der Waals surface area contributed by atoms with Crippen LogP contribution in [0.5, 0.6) is 0 Å². The maximum absolute atomic E-state index is 12.2. The number of hydrogen-bond acceptors (Lipinski definition) is 4. The third-order valence-corrected chi connectivity index (χ3v) is 5.34. The van der Waals surface area contributed by atoms with Crippen LogP contribution in [0.15, 0.2) is 30.3 Å². The molecule has 0 aromatic heterocycles. The van der Waals surface area contributed by atoms with Gasteiger partial charge in [0.25, 0.3) is 0 Å². The first-order valence-corrected chi connectivity index (χ1v) is 8.92. The summed E-state index contributed by atoms with van der Waals surface area (Å²) < 4.78 is 5.49. The third kappa shape index (κ3) is 4.55. The summed E-state index contributed by atoms with van der Waals surface area (Å²) in [7, 11) is 0. The van der Waals surface area contributed by atoms with Crippen LogP contribution in [-0.2, 0) is 16.1 Å². The molecule has 1 heterocycles. The molecule has 0 atom stereocenters. The molecule has 1 saturated heterocycles. The second kappa shape index (κ2) is 7.93. The molecule has 1 aromatic carbocycles. The van der Waals surface area contributed by atoms with Gasteiger partial charge in [-0.3, -0.25) is 4.79 Å². The molecule has 1 aliphatic carbocycles. The van der Waals surface area contributed by atoms with Gasteiger partial charge >= 0.3 is 5.97 Å². The highest BCUT2D eigenvalue weighted by molar-refractivity contribution is 5.72. The summed E-state index contributed by atoms with van der Waals surface area (Å²) in [4.78, 5) is 14.8. The Morgan fingerprint density at radius 3 is 2.35 bits per heavy atom. The van der Waals surface area contributed by atoms with Crippen molar-refractivity contribution in [3.63, 3.8) is 0 Å². The van der Waals surface area contributed by atoms with Gasteiger partial charge in [-0.2, -0.15) is 0 Å². The van der Waals surface area contributed by atoms with Crippen LogP contribution in [0.25, 0.3) is 0 Å². The number of nitrogens with two attached hydrogens (primary N) is 1. The fourth-order valence-corrected chi connectivity index (χ4v) is 3.81. The van der Waals surface area contributed by atoms with Gasteiger partial charge in [-0.05, 0) is 57.2 Å². The molecule has 1 saturated carbocycles. The molecule has 4 heteroatoms. The van der Waals surface area contributed by atoms with Crippen LogP contribution in [0.2, 0.25) is 0 Å². The zero-order valence-electron chi connectivity index (χ0n) is 13.8. The number of rotatable bonds is 4. The van der Waals surface area contributed by atoms with Gasteiger partial charge in [-0.15, -0.1) is 0 Å².